The van der Waals surface area contributed by atoms with Crippen LogP contribution in [0.5, 0.6) is 0 Å². The van der Waals surface area contributed by atoms with Gasteiger partial charge in [0.15, 0.2) is 0 Å². The maximum Gasteiger partial charge on any atom is 0.490 e. The summed E-state index contributed by atoms with van der Waals surface area (Å²) in [6, 6.07) is 4.41. The predicted molar refractivity (Wildman–Crippen MR) is 153 cm³/mol. The molecule has 22 heteroatoms. The molecule has 274 valence electrons. The van der Waals surface area contributed by atoms with Gasteiger partial charge in [0.05, 0.1) is 23.6 Å². The van der Waals surface area contributed by atoms with Gasteiger partial charge in [-0.2, -0.15) is 44.6 Å². The van der Waals surface area contributed by atoms with Crippen LogP contribution in [0.1, 0.15) is 30.5 Å². The minimum absolute atomic E-state index is 0.0689. The van der Waals surface area contributed by atoms with Gasteiger partial charge in [-0.15, -0.1) is 11.3 Å². The Bertz CT molecular complexity index is 1470. The monoisotopic (exact) mass is 738 g/mol. The maximum atomic E-state index is 10.6. The molecule has 12 nitrogen and oxygen atoms in total. The minimum atomic E-state index is -5.08. The zero-order valence-corrected chi connectivity index (χ0v) is 26.5. The van der Waals surface area contributed by atoms with Crippen molar-refractivity contribution in [2.24, 2.45) is 7.05 Å². The summed E-state index contributed by atoms with van der Waals surface area (Å²) in [5.74, 6) is -7.01. The number of hydrogen-bond acceptors (Lipinski definition) is 8. The first-order valence-corrected chi connectivity index (χ1v) is 14.9. The number of alkyl halides is 9. The summed E-state index contributed by atoms with van der Waals surface area (Å²) in [5.41, 5.74) is 2.44. The highest BCUT2D eigenvalue weighted by atomic mass is 32.1. The summed E-state index contributed by atoms with van der Waals surface area (Å²) in [6.07, 6.45) is -6.85. The Hall–Kier alpha value is -4.18. The lowest BCUT2D eigenvalue weighted by Gasteiger charge is -2.50. The molecule has 5 rings (SSSR count). The molecule has 0 radical (unpaired) electrons. The van der Waals surface area contributed by atoms with Gasteiger partial charge in [-0.05, 0) is 30.8 Å². The van der Waals surface area contributed by atoms with E-state index in [1.54, 1.807) is 0 Å². The summed E-state index contributed by atoms with van der Waals surface area (Å²) in [6.45, 7) is 8.81. The topological polar surface area (TPSA) is 154 Å². The number of fused-ring (bicyclic) bond motifs is 2. The number of nitrogens with zero attached hydrogens (tertiary/aromatic N) is 6. The lowest BCUT2D eigenvalue weighted by Crippen LogP contribution is -2.57. The van der Waals surface area contributed by atoms with E-state index in [9.17, 15) is 39.5 Å². The summed E-state index contributed by atoms with van der Waals surface area (Å²) in [4.78, 5) is 38.4. The van der Waals surface area contributed by atoms with Crippen molar-refractivity contribution >= 4 is 29.2 Å². The Labute approximate surface area is 276 Å². The number of hydrogen-bond donors (Lipinski definition) is 3. The predicted octanol–water partition coefficient (Wildman–Crippen LogP) is 5.07. The molecule has 5 heterocycles. The second-order valence-corrected chi connectivity index (χ2v) is 11.4. The van der Waals surface area contributed by atoms with Gasteiger partial charge in [0.25, 0.3) is 0 Å². The van der Waals surface area contributed by atoms with Crippen LogP contribution in [0, 0.1) is 0 Å². The maximum absolute atomic E-state index is 10.6. The molecule has 2 aliphatic heterocycles. The van der Waals surface area contributed by atoms with Crippen molar-refractivity contribution in [2.75, 3.05) is 26.2 Å². The fraction of sp³-hybridized carbons (Fsp3) is 0.519. The van der Waals surface area contributed by atoms with Gasteiger partial charge < -0.3 is 19.9 Å². The Morgan fingerprint density at radius 2 is 1.37 bits per heavy atom. The van der Waals surface area contributed by atoms with Crippen LogP contribution in [0.15, 0.2) is 36.1 Å². The molecule has 3 aromatic heterocycles. The first kappa shape index (κ1) is 41.0. The van der Waals surface area contributed by atoms with Crippen molar-refractivity contribution in [3.63, 3.8) is 0 Å². The molecular weight excluding hydrogens is 707 g/mol. The average Bonchev–Trinajstić information content (AvgIpc) is 3.76. The number of likely N-dealkylation sites (tertiary alicyclic amines) is 1. The molecule has 1 spiro atoms. The third kappa shape index (κ3) is 11.4. The highest BCUT2D eigenvalue weighted by Gasteiger charge is 2.46. The summed E-state index contributed by atoms with van der Waals surface area (Å²) < 4.78 is 99.5. The van der Waals surface area contributed by atoms with Crippen LogP contribution >= 0.6 is 11.3 Å². The largest absolute Gasteiger partial charge is 0.490 e. The second-order valence-electron chi connectivity index (χ2n) is 10.4. The number of carboxylic acid groups (broad SMARTS) is 3. The van der Waals surface area contributed by atoms with E-state index in [1.807, 2.05) is 29.3 Å². The average molecular weight is 739 g/mol. The van der Waals surface area contributed by atoms with Gasteiger partial charge in [-0.3, -0.25) is 14.5 Å². The van der Waals surface area contributed by atoms with E-state index in [0.717, 1.165) is 57.7 Å². The molecular formula is C27H31F9N6O6S. The molecule has 0 bridgehead atoms. The van der Waals surface area contributed by atoms with E-state index in [1.165, 1.54) is 16.4 Å². The zero-order valence-electron chi connectivity index (χ0n) is 25.7. The van der Waals surface area contributed by atoms with Crippen molar-refractivity contribution in [2.45, 2.75) is 56.9 Å². The third-order valence-corrected chi connectivity index (χ3v) is 8.08. The number of carboxylic acids is 3. The van der Waals surface area contributed by atoms with Crippen LogP contribution in [-0.2, 0) is 40.1 Å². The summed E-state index contributed by atoms with van der Waals surface area (Å²) in [5, 5.41) is 27.9. The van der Waals surface area contributed by atoms with Crippen LogP contribution in [0.25, 0.3) is 11.3 Å². The highest BCUT2D eigenvalue weighted by Crippen LogP contribution is 2.42. The standard InChI is InChI=1S/C21H28N6S.3C2HF3O2/c1-3-26-10-11-27-19(17-13-23-24(2)15-17)14-22-20(27)21(26)6-8-25(9-7-21)16-18-5-4-12-28-18;3*3-2(4,5)1(6)7/h4-5,12-15H,3,6-11,16H2,1-2H3;3*(H,6,7). The number of thiophene rings is 1. The number of aliphatic carboxylic acids is 3. The molecule has 0 aromatic carbocycles. The number of rotatable bonds is 4. The Balaban J connectivity index is 0.000000325. The SMILES string of the molecule is CCN1CCn2c(-c3cnn(C)c3)cnc2C12CCN(Cc1cccs1)CC2.O=C(O)C(F)(F)F.O=C(O)C(F)(F)F.O=C(O)C(F)(F)F. The fourth-order valence-corrected chi connectivity index (χ4v) is 5.78. The van der Waals surface area contributed by atoms with E-state index >= 15 is 0 Å². The molecule has 0 aliphatic carbocycles. The second kappa shape index (κ2) is 16.5. The number of aromatic nitrogens is 4. The van der Waals surface area contributed by atoms with Crippen LogP contribution in [0.2, 0.25) is 0 Å². The van der Waals surface area contributed by atoms with Crippen LogP contribution in [-0.4, -0.2) is 107 Å². The van der Waals surface area contributed by atoms with Gasteiger partial charge in [-0.1, -0.05) is 13.0 Å². The molecule has 49 heavy (non-hydrogen) atoms. The van der Waals surface area contributed by atoms with Gasteiger partial charge in [0.1, 0.15) is 5.82 Å². The lowest BCUT2D eigenvalue weighted by atomic mass is 9.83. The third-order valence-electron chi connectivity index (χ3n) is 7.22. The van der Waals surface area contributed by atoms with Crippen LogP contribution in [0.4, 0.5) is 39.5 Å². The lowest BCUT2D eigenvalue weighted by molar-refractivity contribution is -0.193. The quantitative estimate of drug-likeness (QED) is 0.309. The number of likely N-dealkylation sites (N-methyl/N-ethyl adjacent to an activating group) is 1. The minimum Gasteiger partial charge on any atom is -0.475 e. The van der Waals surface area contributed by atoms with Crippen molar-refractivity contribution in [3.8, 4) is 11.3 Å². The van der Waals surface area contributed by atoms with Crippen LogP contribution < -0.4 is 0 Å². The van der Waals surface area contributed by atoms with Crippen molar-refractivity contribution in [3.05, 3.63) is 46.8 Å². The van der Waals surface area contributed by atoms with Gasteiger partial charge in [-0.25, -0.2) is 19.4 Å². The highest BCUT2D eigenvalue weighted by molar-refractivity contribution is 7.09. The number of aryl methyl sites for hydroxylation is 1. The molecule has 0 amide bonds. The van der Waals surface area contributed by atoms with E-state index in [2.05, 4.69) is 56.3 Å². The number of piperidine rings is 1. The Morgan fingerprint density at radius 1 is 0.857 bits per heavy atom. The molecule has 3 N–H and O–H groups in total. The first-order chi connectivity index (χ1) is 22.5. The van der Waals surface area contributed by atoms with Crippen molar-refractivity contribution in [1.82, 2.24) is 29.1 Å². The van der Waals surface area contributed by atoms with Crippen molar-refractivity contribution in [1.29, 1.82) is 0 Å². The van der Waals surface area contributed by atoms with Crippen LogP contribution in [0.3, 0.4) is 0 Å². The molecule has 1 saturated heterocycles. The summed E-state index contributed by atoms with van der Waals surface area (Å²) >= 11 is 1.86. The Kier molecular flexibility index (Phi) is 13.8. The van der Waals surface area contributed by atoms with E-state index < -0.39 is 36.4 Å². The Morgan fingerprint density at radius 3 is 1.76 bits per heavy atom. The summed E-state index contributed by atoms with van der Waals surface area (Å²) in [7, 11) is 1.97. The zero-order chi connectivity index (χ0) is 37.4. The number of imidazole rings is 1. The molecule has 3 aromatic rings. The van der Waals surface area contributed by atoms with Gasteiger partial charge in [0.2, 0.25) is 0 Å². The molecule has 0 saturated carbocycles. The first-order valence-electron chi connectivity index (χ1n) is 14.0. The van der Waals surface area contributed by atoms with Gasteiger partial charge >= 0.3 is 36.4 Å². The molecule has 0 atom stereocenters. The molecule has 0 unspecified atom stereocenters. The molecule has 2 aliphatic rings. The normalized spacial score (nSPS) is 16.2. The van der Waals surface area contributed by atoms with E-state index in [-0.39, 0.29) is 5.54 Å². The van der Waals surface area contributed by atoms with E-state index in [4.69, 9.17) is 34.7 Å². The van der Waals surface area contributed by atoms with E-state index in [0.29, 0.717) is 0 Å². The molecule has 1 fully saturated rings. The smallest absolute Gasteiger partial charge is 0.475 e. The fourth-order valence-electron chi connectivity index (χ4n) is 5.04. The van der Waals surface area contributed by atoms with Gasteiger partial charge in [0, 0.05) is 56.4 Å². The number of carbonyl (C=O) groups is 3. The van der Waals surface area contributed by atoms with Crippen molar-refractivity contribution < 1.29 is 69.2 Å². The number of halogens is 9.